The minimum absolute atomic E-state index is 0.0404. The lowest BCUT2D eigenvalue weighted by Crippen LogP contribution is -2.40. The van der Waals surface area contributed by atoms with E-state index >= 15 is 0 Å². The lowest BCUT2D eigenvalue weighted by Gasteiger charge is -2.37. The van der Waals surface area contributed by atoms with Gasteiger partial charge in [-0.1, -0.05) is 84.4 Å². The zero-order valence-electron chi connectivity index (χ0n) is 25.0. The van der Waals surface area contributed by atoms with Crippen molar-refractivity contribution in [2.75, 3.05) is 0 Å². The molecule has 0 saturated heterocycles. The summed E-state index contributed by atoms with van der Waals surface area (Å²) in [6, 6.07) is 3.97. The highest BCUT2D eigenvalue weighted by molar-refractivity contribution is 8.04. The maximum absolute atomic E-state index is 13.1. The molecule has 0 amide bonds. The summed E-state index contributed by atoms with van der Waals surface area (Å²) >= 11 is 1.25. The Balaban J connectivity index is 0.00000208. The van der Waals surface area contributed by atoms with Crippen molar-refractivity contribution in [3.63, 3.8) is 0 Å². The smallest absolute Gasteiger partial charge is 0.349 e. The van der Waals surface area contributed by atoms with E-state index in [1.54, 1.807) is 12.2 Å². The van der Waals surface area contributed by atoms with Crippen molar-refractivity contribution in [3.05, 3.63) is 64.5 Å². The van der Waals surface area contributed by atoms with Gasteiger partial charge in [-0.25, -0.2) is 4.79 Å². The van der Waals surface area contributed by atoms with Crippen molar-refractivity contribution in [2.24, 2.45) is 0 Å². The Labute approximate surface area is 236 Å². The minimum atomic E-state index is -0.700. The van der Waals surface area contributed by atoms with Gasteiger partial charge < -0.3 is 20.1 Å². The van der Waals surface area contributed by atoms with Crippen LogP contribution >= 0.6 is 11.8 Å². The van der Waals surface area contributed by atoms with Crippen LogP contribution in [0.2, 0.25) is 0 Å². The average Bonchev–Trinajstić information content (AvgIpc) is 2.83. The molecule has 5 nitrogen and oxygen atoms in total. The highest BCUT2D eigenvalue weighted by atomic mass is 32.2. The number of ether oxygens (including phenoxy) is 1. The number of carbonyl (C=O) groups excluding carboxylic acids is 1. The van der Waals surface area contributed by atoms with Gasteiger partial charge in [0.15, 0.2) is 0 Å². The minimum Gasteiger partial charge on any atom is -0.516 e. The monoisotopic (exact) mass is 548 g/mol. The number of cyclic esters (lactones) is 1. The van der Waals surface area contributed by atoms with Crippen molar-refractivity contribution in [3.8, 4) is 0 Å². The Morgan fingerprint density at radius 2 is 1.74 bits per heavy atom. The zero-order valence-corrected chi connectivity index (χ0v) is 25.8. The van der Waals surface area contributed by atoms with E-state index in [4.69, 9.17) is 9.84 Å². The lowest BCUT2D eigenvalue weighted by molar-refractivity contribution is -0.159. The first-order chi connectivity index (χ1) is 17.9. The molecular formula is C32H52O5S. The van der Waals surface area contributed by atoms with Gasteiger partial charge in [0.1, 0.15) is 16.3 Å². The molecule has 0 aromatic heterocycles. The van der Waals surface area contributed by atoms with Gasteiger partial charge in [0.2, 0.25) is 0 Å². The van der Waals surface area contributed by atoms with Crippen LogP contribution in [0.4, 0.5) is 0 Å². The number of aliphatic hydroxyl groups is 3. The van der Waals surface area contributed by atoms with Gasteiger partial charge >= 0.3 is 5.97 Å². The van der Waals surface area contributed by atoms with Crippen molar-refractivity contribution in [1.82, 2.24) is 0 Å². The van der Waals surface area contributed by atoms with Gasteiger partial charge in [-0.3, -0.25) is 0 Å². The lowest BCUT2D eigenvalue weighted by atomic mass is 9.85. The number of hydrogen-bond acceptors (Lipinski definition) is 6. The second-order valence-electron chi connectivity index (χ2n) is 10.8. The van der Waals surface area contributed by atoms with E-state index in [0.29, 0.717) is 25.7 Å². The van der Waals surface area contributed by atoms with Crippen molar-refractivity contribution >= 4 is 17.7 Å². The van der Waals surface area contributed by atoms with Crippen LogP contribution in [-0.2, 0) is 21.6 Å². The molecule has 2 rings (SSSR count). The number of unbranched alkanes of at least 4 members (excludes halogenated alkanes) is 2. The number of aryl methyl sites for hydroxylation is 1. The summed E-state index contributed by atoms with van der Waals surface area (Å²) in [4.78, 5) is 14.2. The molecule has 0 bridgehead atoms. The van der Waals surface area contributed by atoms with Crippen LogP contribution in [0.15, 0.2) is 52.7 Å². The van der Waals surface area contributed by atoms with E-state index in [-0.39, 0.29) is 22.7 Å². The summed E-state index contributed by atoms with van der Waals surface area (Å²) in [5, 5.41) is 29.5. The molecule has 0 radical (unpaired) electrons. The summed E-state index contributed by atoms with van der Waals surface area (Å²) in [7, 11) is 0. The zero-order chi connectivity index (χ0) is 29.4. The molecule has 1 heterocycles. The SMILES string of the molecule is C=CC.CCC.CCCC[C@@]1(CCC/C=C/O)CC(O)=C(Sc2cc(C)c(CO)cc2C(C)(C)C)C(=O)O1. The third-order valence-electron chi connectivity index (χ3n) is 5.97. The van der Waals surface area contributed by atoms with Crippen molar-refractivity contribution < 1.29 is 24.9 Å². The van der Waals surface area contributed by atoms with Crippen LogP contribution in [0.1, 0.15) is 117 Å². The first kappa shape index (κ1) is 35.8. The van der Waals surface area contributed by atoms with Crippen molar-refractivity contribution in [1.29, 1.82) is 0 Å². The van der Waals surface area contributed by atoms with Crippen LogP contribution in [0, 0.1) is 6.92 Å². The fraction of sp³-hybridized carbons (Fsp3) is 0.594. The quantitative estimate of drug-likeness (QED) is 0.117. The Bertz CT molecular complexity index is 927. The predicted octanol–water partition coefficient (Wildman–Crippen LogP) is 9.37. The van der Waals surface area contributed by atoms with Gasteiger partial charge in [-0.05, 0) is 74.1 Å². The molecule has 216 valence electrons. The Kier molecular flexibility index (Phi) is 17.1. The Morgan fingerprint density at radius 1 is 1.16 bits per heavy atom. The third-order valence-corrected chi connectivity index (χ3v) is 7.13. The number of aliphatic hydroxyl groups excluding tert-OH is 3. The number of hydrogen-bond donors (Lipinski definition) is 3. The fourth-order valence-corrected chi connectivity index (χ4v) is 5.33. The molecule has 3 N–H and O–H groups in total. The van der Waals surface area contributed by atoms with E-state index < -0.39 is 11.6 Å². The standard InChI is InChI=1S/C26H38O5S.C3H8.C3H6/c1-6-7-11-26(12-9-8-10-13-27)16-21(29)23(24(30)31-26)32-22-14-18(2)19(17-28)15-20(22)25(3,4)5;2*1-3-2/h10,13-15,27-29H,6-9,11-12,16-17H2,1-5H3;3H2,1-2H3;3H,1H2,2H3/b13-10+;;/t26-;;/m1../s1. The second-order valence-corrected chi connectivity index (χ2v) is 11.9. The van der Waals surface area contributed by atoms with Gasteiger partial charge in [-0.15, -0.1) is 6.58 Å². The highest BCUT2D eigenvalue weighted by Crippen LogP contribution is 2.44. The van der Waals surface area contributed by atoms with E-state index in [2.05, 4.69) is 48.1 Å². The van der Waals surface area contributed by atoms with Crippen LogP contribution in [0.3, 0.4) is 0 Å². The highest BCUT2D eigenvalue weighted by Gasteiger charge is 2.41. The van der Waals surface area contributed by atoms with Crippen LogP contribution in [-0.4, -0.2) is 26.9 Å². The largest absolute Gasteiger partial charge is 0.516 e. The van der Waals surface area contributed by atoms with Gasteiger partial charge in [0.05, 0.1) is 12.9 Å². The van der Waals surface area contributed by atoms with Gasteiger partial charge in [-0.2, -0.15) is 0 Å². The second kappa shape index (κ2) is 18.2. The first-order valence-corrected chi connectivity index (χ1v) is 14.7. The molecule has 38 heavy (non-hydrogen) atoms. The number of allylic oxidation sites excluding steroid dienone is 2. The number of rotatable bonds is 10. The van der Waals surface area contributed by atoms with Gasteiger partial charge in [0, 0.05) is 11.3 Å². The summed E-state index contributed by atoms with van der Waals surface area (Å²) in [5.74, 6) is -0.389. The normalized spacial score (nSPS) is 17.3. The number of carbonyl (C=O) groups is 1. The Morgan fingerprint density at radius 3 is 2.21 bits per heavy atom. The van der Waals surface area contributed by atoms with E-state index in [1.165, 1.54) is 18.2 Å². The maximum Gasteiger partial charge on any atom is 0.349 e. The maximum atomic E-state index is 13.1. The Hall–Kier alpha value is -2.18. The van der Waals surface area contributed by atoms with E-state index in [0.717, 1.165) is 47.1 Å². The van der Waals surface area contributed by atoms with Crippen LogP contribution < -0.4 is 0 Å². The summed E-state index contributed by atoms with van der Waals surface area (Å²) < 4.78 is 6.01. The molecule has 6 heteroatoms. The third kappa shape index (κ3) is 11.7. The first-order valence-electron chi connectivity index (χ1n) is 13.8. The van der Waals surface area contributed by atoms with E-state index in [9.17, 15) is 15.0 Å². The summed E-state index contributed by atoms with van der Waals surface area (Å²) in [6.07, 6.45) is 10.7. The molecule has 1 aromatic carbocycles. The summed E-state index contributed by atoms with van der Waals surface area (Å²) in [6.45, 7) is 19.8. The number of benzene rings is 1. The predicted molar refractivity (Wildman–Crippen MR) is 162 cm³/mol. The molecule has 1 atom stereocenters. The number of esters is 1. The molecule has 1 aromatic rings. The molecule has 1 aliphatic rings. The van der Waals surface area contributed by atoms with Gasteiger partial charge in [0.25, 0.3) is 0 Å². The molecule has 0 aliphatic carbocycles. The van der Waals surface area contributed by atoms with E-state index in [1.807, 2.05) is 26.0 Å². The molecule has 1 aliphatic heterocycles. The molecular weight excluding hydrogens is 496 g/mol. The van der Waals surface area contributed by atoms with Crippen LogP contribution in [0.25, 0.3) is 0 Å². The summed E-state index contributed by atoms with van der Waals surface area (Å²) in [5.41, 5.74) is 1.93. The fourth-order valence-electron chi connectivity index (χ4n) is 4.08. The van der Waals surface area contributed by atoms with Crippen molar-refractivity contribution in [2.45, 2.75) is 129 Å². The molecule has 0 saturated carbocycles. The topological polar surface area (TPSA) is 87.0 Å². The number of thioether (sulfide) groups is 1. The molecule has 0 unspecified atom stereocenters. The van der Waals surface area contributed by atoms with Crippen LogP contribution in [0.5, 0.6) is 0 Å². The molecule has 0 fully saturated rings. The molecule has 0 spiro atoms. The average molecular weight is 549 g/mol.